The SMILES string of the molecule is O=S(=O)(O)O[C@@H]1[C@@H](n2cc(-c3cc(F)c(F)c(F)c3)nn2)[C@@H](O)[C@@H](CO)O[C@@H]1Sc1ccc(Cl)c(Cl)c1. The number of hydrogen-bond donors (Lipinski definition) is 3. The lowest BCUT2D eigenvalue weighted by molar-refractivity contribution is -0.172. The van der Waals surface area contributed by atoms with Crippen molar-refractivity contribution in [2.45, 2.75) is 34.7 Å². The van der Waals surface area contributed by atoms with Crippen molar-refractivity contribution >= 4 is 45.4 Å². The Morgan fingerprint density at radius 3 is 2.41 bits per heavy atom. The fourth-order valence-electron chi connectivity index (χ4n) is 3.64. The van der Waals surface area contributed by atoms with Crippen LogP contribution in [0, 0.1) is 17.5 Å². The van der Waals surface area contributed by atoms with Crippen molar-refractivity contribution in [3.05, 3.63) is 64.0 Å². The molecular formula is C20H16Cl2F3N3O7S2. The summed E-state index contributed by atoms with van der Waals surface area (Å²) in [4.78, 5) is 0.423. The molecular weight excluding hydrogens is 586 g/mol. The Balaban J connectivity index is 1.75. The molecule has 5 atom stereocenters. The molecule has 3 N–H and O–H groups in total. The maximum Gasteiger partial charge on any atom is 0.397 e. The summed E-state index contributed by atoms with van der Waals surface area (Å²) in [5.74, 6) is -4.66. The third-order valence-corrected chi connectivity index (χ3v) is 7.64. The summed E-state index contributed by atoms with van der Waals surface area (Å²) >= 11 is 12.8. The van der Waals surface area contributed by atoms with Gasteiger partial charge in [0.2, 0.25) is 0 Å². The van der Waals surface area contributed by atoms with E-state index in [0.29, 0.717) is 17.0 Å². The summed E-state index contributed by atoms with van der Waals surface area (Å²) < 4.78 is 85.0. The number of halogens is 5. The number of thioether (sulfide) groups is 1. The fraction of sp³-hybridized carbons (Fsp3) is 0.300. The average Bonchev–Trinajstić information content (AvgIpc) is 3.30. The monoisotopic (exact) mass is 601 g/mol. The van der Waals surface area contributed by atoms with Crippen molar-refractivity contribution in [2.24, 2.45) is 0 Å². The summed E-state index contributed by atoms with van der Waals surface area (Å²) in [6.45, 7) is -0.718. The van der Waals surface area contributed by atoms with Crippen molar-refractivity contribution in [1.29, 1.82) is 0 Å². The molecule has 2 aromatic carbocycles. The summed E-state index contributed by atoms with van der Waals surface area (Å²) in [6.07, 6.45) is -3.55. The maximum absolute atomic E-state index is 13.7. The van der Waals surface area contributed by atoms with Crippen molar-refractivity contribution in [1.82, 2.24) is 15.0 Å². The molecule has 1 aliphatic heterocycles. The number of benzene rings is 2. The van der Waals surface area contributed by atoms with E-state index in [1.165, 1.54) is 18.2 Å². The van der Waals surface area contributed by atoms with Crippen molar-refractivity contribution in [3.8, 4) is 11.3 Å². The van der Waals surface area contributed by atoms with Gasteiger partial charge in [-0.3, -0.25) is 4.55 Å². The molecule has 0 amide bonds. The summed E-state index contributed by atoms with van der Waals surface area (Å²) in [6, 6.07) is 4.31. The maximum atomic E-state index is 13.7. The summed E-state index contributed by atoms with van der Waals surface area (Å²) in [5.41, 5.74) is -1.67. The van der Waals surface area contributed by atoms with Crippen LogP contribution in [0.2, 0.25) is 10.0 Å². The minimum atomic E-state index is -5.13. The van der Waals surface area contributed by atoms with Gasteiger partial charge in [0, 0.05) is 10.5 Å². The van der Waals surface area contributed by atoms with Crippen LogP contribution in [0.25, 0.3) is 11.3 Å². The van der Waals surface area contributed by atoms with Gasteiger partial charge in [0.15, 0.2) is 17.5 Å². The zero-order valence-electron chi connectivity index (χ0n) is 18.1. The van der Waals surface area contributed by atoms with E-state index in [1.54, 1.807) is 0 Å². The summed E-state index contributed by atoms with van der Waals surface area (Å²) in [7, 11) is -5.13. The minimum Gasteiger partial charge on any atom is -0.394 e. The van der Waals surface area contributed by atoms with Crippen LogP contribution in [-0.4, -0.2) is 68.5 Å². The molecule has 0 bridgehead atoms. The van der Waals surface area contributed by atoms with Gasteiger partial charge in [-0.05, 0) is 30.3 Å². The highest BCUT2D eigenvalue weighted by atomic mass is 35.5. The van der Waals surface area contributed by atoms with Crippen LogP contribution in [0.3, 0.4) is 0 Å². The van der Waals surface area contributed by atoms with Gasteiger partial charge in [-0.25, -0.2) is 22.0 Å². The molecule has 0 spiro atoms. The quantitative estimate of drug-likeness (QED) is 0.272. The molecule has 200 valence electrons. The van der Waals surface area contributed by atoms with Crippen LogP contribution in [0.15, 0.2) is 41.4 Å². The number of nitrogens with zero attached hydrogens (tertiary/aromatic N) is 3. The highest BCUT2D eigenvalue weighted by Crippen LogP contribution is 2.41. The number of rotatable bonds is 7. The van der Waals surface area contributed by atoms with Gasteiger partial charge in [0.25, 0.3) is 0 Å². The Morgan fingerprint density at radius 2 is 1.81 bits per heavy atom. The Kier molecular flexibility index (Phi) is 8.37. The highest BCUT2D eigenvalue weighted by Gasteiger charge is 2.49. The number of aliphatic hydroxyl groups is 2. The molecule has 17 heteroatoms. The second-order valence-electron chi connectivity index (χ2n) is 7.73. The molecule has 2 heterocycles. The predicted molar refractivity (Wildman–Crippen MR) is 125 cm³/mol. The van der Waals surface area contributed by atoms with E-state index in [0.717, 1.165) is 22.6 Å². The second-order valence-corrected chi connectivity index (χ2v) is 10.8. The van der Waals surface area contributed by atoms with Gasteiger partial charge < -0.3 is 14.9 Å². The third kappa shape index (κ3) is 6.21. The minimum absolute atomic E-state index is 0.170. The standard InChI is InChI=1S/C20H16Cl2F3N3O7S2/c21-10-2-1-9(5-11(10)22)36-20-19(35-37(31,32)33)17(18(30)15(7-29)34-20)28-6-14(26-27-28)8-3-12(23)16(25)13(24)4-8/h1-6,15,17-20,29-30H,7H2,(H,31,32,33)/t15-,17+,18+,19-,20-/m1/s1. The lowest BCUT2D eigenvalue weighted by atomic mass is 9.97. The molecule has 1 fully saturated rings. The number of aromatic nitrogens is 3. The average molecular weight is 602 g/mol. The highest BCUT2D eigenvalue weighted by molar-refractivity contribution is 7.99. The van der Waals surface area contributed by atoms with E-state index in [1.807, 2.05) is 0 Å². The Labute approximate surface area is 221 Å². The lowest BCUT2D eigenvalue weighted by Gasteiger charge is -2.42. The van der Waals surface area contributed by atoms with Crippen molar-refractivity contribution < 1.29 is 45.3 Å². The second kappa shape index (κ2) is 11.0. The molecule has 4 rings (SSSR count). The molecule has 1 saturated heterocycles. The first-order valence-corrected chi connectivity index (χ1v) is 13.2. The van der Waals surface area contributed by atoms with Gasteiger partial charge in [0.05, 0.1) is 22.8 Å². The van der Waals surface area contributed by atoms with Gasteiger partial charge in [0.1, 0.15) is 35.5 Å². The van der Waals surface area contributed by atoms with Crippen LogP contribution in [0.5, 0.6) is 0 Å². The van der Waals surface area contributed by atoms with Gasteiger partial charge in [-0.2, -0.15) is 8.42 Å². The van der Waals surface area contributed by atoms with E-state index in [4.69, 9.17) is 32.1 Å². The first-order chi connectivity index (χ1) is 17.4. The van der Waals surface area contributed by atoms with Crippen LogP contribution >= 0.6 is 35.0 Å². The fourth-order valence-corrected chi connectivity index (χ4v) is 5.72. The van der Waals surface area contributed by atoms with Crippen LogP contribution in [0.4, 0.5) is 13.2 Å². The van der Waals surface area contributed by atoms with E-state index < -0.39 is 64.2 Å². The van der Waals surface area contributed by atoms with Crippen molar-refractivity contribution in [3.63, 3.8) is 0 Å². The lowest BCUT2D eigenvalue weighted by Crippen LogP contribution is -2.56. The van der Waals surface area contributed by atoms with Crippen LogP contribution < -0.4 is 0 Å². The molecule has 1 aromatic heterocycles. The number of ether oxygens (including phenoxy) is 1. The van der Waals surface area contributed by atoms with Gasteiger partial charge in [-0.15, -0.1) is 5.10 Å². The molecule has 37 heavy (non-hydrogen) atoms. The third-order valence-electron chi connectivity index (χ3n) is 5.30. The molecule has 3 aromatic rings. The zero-order valence-corrected chi connectivity index (χ0v) is 21.2. The summed E-state index contributed by atoms with van der Waals surface area (Å²) in [5, 5.41) is 28.6. The molecule has 0 aliphatic carbocycles. The van der Waals surface area contributed by atoms with E-state index in [2.05, 4.69) is 10.3 Å². The van der Waals surface area contributed by atoms with Gasteiger partial charge in [-0.1, -0.05) is 40.2 Å². The van der Waals surface area contributed by atoms with Crippen molar-refractivity contribution in [2.75, 3.05) is 6.61 Å². The number of aliphatic hydroxyl groups excluding tert-OH is 2. The Morgan fingerprint density at radius 1 is 1.14 bits per heavy atom. The first-order valence-electron chi connectivity index (χ1n) is 10.2. The van der Waals surface area contributed by atoms with E-state index in [9.17, 15) is 36.4 Å². The Bertz CT molecular complexity index is 1390. The largest absolute Gasteiger partial charge is 0.397 e. The Hall–Kier alpha value is -1.95. The zero-order chi connectivity index (χ0) is 27.1. The normalized spacial score (nSPS) is 24.4. The topological polar surface area (TPSA) is 144 Å². The van der Waals surface area contributed by atoms with E-state index in [-0.39, 0.29) is 21.3 Å². The van der Waals surface area contributed by atoms with Crippen LogP contribution in [0.1, 0.15) is 6.04 Å². The van der Waals surface area contributed by atoms with Crippen LogP contribution in [-0.2, 0) is 19.3 Å². The molecule has 10 nitrogen and oxygen atoms in total. The van der Waals surface area contributed by atoms with Gasteiger partial charge >= 0.3 is 10.4 Å². The molecule has 0 radical (unpaired) electrons. The number of hydrogen-bond acceptors (Lipinski definition) is 9. The molecule has 0 saturated carbocycles. The molecule has 0 unspecified atom stereocenters. The van der Waals surface area contributed by atoms with E-state index >= 15 is 0 Å². The predicted octanol–water partition coefficient (Wildman–Crippen LogP) is 3.27. The molecule has 1 aliphatic rings. The smallest absolute Gasteiger partial charge is 0.394 e. The first kappa shape index (κ1) is 28.1.